The summed E-state index contributed by atoms with van der Waals surface area (Å²) in [4.78, 5) is 16.5. The Balaban J connectivity index is 2.02. The lowest BCUT2D eigenvalue weighted by Gasteiger charge is -2.11. The molecule has 0 spiro atoms. The van der Waals surface area contributed by atoms with Gasteiger partial charge in [-0.2, -0.15) is 0 Å². The molecule has 1 unspecified atom stereocenters. The van der Waals surface area contributed by atoms with E-state index >= 15 is 0 Å². The standard InChI is InChI=1S/C14H19N3OS2/c1-8(2)7-19-9(3)13(18)17-14-16-11-5-4-10(15)6-12(11)20-14/h4-6,8-9H,7,15H2,1-3H3,(H,16,17,18). The van der Waals surface area contributed by atoms with Crippen LogP contribution in [0.3, 0.4) is 0 Å². The quantitative estimate of drug-likeness (QED) is 0.828. The highest BCUT2D eigenvalue weighted by molar-refractivity contribution is 8.00. The molecule has 1 amide bonds. The van der Waals surface area contributed by atoms with Gasteiger partial charge < -0.3 is 11.1 Å². The molecule has 2 rings (SSSR count). The van der Waals surface area contributed by atoms with Gasteiger partial charge in [-0.1, -0.05) is 25.2 Å². The topological polar surface area (TPSA) is 68.0 Å². The van der Waals surface area contributed by atoms with E-state index in [4.69, 9.17) is 5.73 Å². The van der Waals surface area contributed by atoms with Crippen LogP contribution in [0.2, 0.25) is 0 Å². The Morgan fingerprint density at radius 1 is 1.45 bits per heavy atom. The Labute approximate surface area is 127 Å². The zero-order valence-corrected chi connectivity index (χ0v) is 13.5. The highest BCUT2D eigenvalue weighted by Gasteiger charge is 2.16. The molecule has 0 radical (unpaired) electrons. The van der Waals surface area contributed by atoms with Gasteiger partial charge in [0.2, 0.25) is 5.91 Å². The summed E-state index contributed by atoms with van der Waals surface area (Å²) in [5.41, 5.74) is 7.31. The minimum Gasteiger partial charge on any atom is -0.399 e. The molecule has 6 heteroatoms. The zero-order chi connectivity index (χ0) is 14.7. The number of anilines is 2. The summed E-state index contributed by atoms with van der Waals surface area (Å²) in [5, 5.41) is 3.44. The van der Waals surface area contributed by atoms with Crippen LogP contribution in [0.25, 0.3) is 10.2 Å². The summed E-state index contributed by atoms with van der Waals surface area (Å²) in [6.45, 7) is 6.22. The highest BCUT2D eigenvalue weighted by Crippen LogP contribution is 2.28. The van der Waals surface area contributed by atoms with Gasteiger partial charge in [-0.25, -0.2) is 4.98 Å². The van der Waals surface area contributed by atoms with Crippen LogP contribution in [0.4, 0.5) is 10.8 Å². The summed E-state index contributed by atoms with van der Waals surface area (Å²) in [6.07, 6.45) is 0. The number of nitrogens with zero attached hydrogens (tertiary/aromatic N) is 1. The Morgan fingerprint density at radius 2 is 2.20 bits per heavy atom. The lowest BCUT2D eigenvalue weighted by molar-refractivity contribution is -0.115. The van der Waals surface area contributed by atoms with Crippen LogP contribution >= 0.6 is 23.1 Å². The second-order valence-corrected chi connectivity index (χ2v) is 7.51. The van der Waals surface area contributed by atoms with Crippen molar-refractivity contribution in [1.29, 1.82) is 0 Å². The minimum absolute atomic E-state index is 0.00248. The van der Waals surface area contributed by atoms with E-state index in [0.29, 0.717) is 16.7 Å². The molecular weight excluding hydrogens is 290 g/mol. The Kier molecular flexibility index (Phi) is 4.88. The summed E-state index contributed by atoms with van der Waals surface area (Å²) in [7, 11) is 0. The molecule has 4 nitrogen and oxygen atoms in total. The number of amides is 1. The molecular formula is C14H19N3OS2. The number of rotatable bonds is 5. The van der Waals surface area contributed by atoms with E-state index in [2.05, 4.69) is 24.1 Å². The van der Waals surface area contributed by atoms with Crippen molar-refractivity contribution in [1.82, 2.24) is 4.98 Å². The van der Waals surface area contributed by atoms with E-state index in [9.17, 15) is 4.79 Å². The van der Waals surface area contributed by atoms with Crippen LogP contribution in [0, 0.1) is 5.92 Å². The Morgan fingerprint density at radius 3 is 2.90 bits per heavy atom. The fourth-order valence-corrected chi connectivity index (χ4v) is 3.42. The number of aromatic nitrogens is 1. The largest absolute Gasteiger partial charge is 0.399 e. The number of thioether (sulfide) groups is 1. The molecule has 0 saturated heterocycles. The molecule has 1 aromatic heterocycles. The number of carbonyl (C=O) groups is 1. The predicted octanol–water partition coefficient (Wildman–Crippen LogP) is 3.59. The first kappa shape index (κ1) is 15.1. The second-order valence-electron chi connectivity index (χ2n) is 5.10. The maximum atomic E-state index is 12.1. The van der Waals surface area contributed by atoms with Gasteiger partial charge in [0.25, 0.3) is 0 Å². The molecule has 1 atom stereocenters. The zero-order valence-electron chi connectivity index (χ0n) is 11.8. The average Bonchev–Trinajstić information content (AvgIpc) is 2.76. The molecule has 1 aromatic carbocycles. The van der Waals surface area contributed by atoms with Crippen molar-refractivity contribution < 1.29 is 4.79 Å². The SMILES string of the molecule is CC(C)CSC(C)C(=O)Nc1nc2ccc(N)cc2s1. The fourth-order valence-electron chi connectivity index (χ4n) is 1.61. The normalized spacial score (nSPS) is 12.8. The fraction of sp³-hybridized carbons (Fsp3) is 0.429. The van der Waals surface area contributed by atoms with Gasteiger partial charge in [0.15, 0.2) is 5.13 Å². The van der Waals surface area contributed by atoms with Gasteiger partial charge in [0, 0.05) is 5.69 Å². The van der Waals surface area contributed by atoms with Gasteiger partial charge in [-0.3, -0.25) is 4.79 Å². The first-order chi connectivity index (χ1) is 9.45. The van der Waals surface area contributed by atoms with Gasteiger partial charge in [0.05, 0.1) is 15.5 Å². The molecule has 2 aromatic rings. The number of nitrogens with two attached hydrogens (primary N) is 1. The van der Waals surface area contributed by atoms with Gasteiger partial charge in [-0.15, -0.1) is 11.8 Å². The van der Waals surface area contributed by atoms with Gasteiger partial charge >= 0.3 is 0 Å². The van der Waals surface area contributed by atoms with Crippen molar-refractivity contribution in [2.24, 2.45) is 5.92 Å². The van der Waals surface area contributed by atoms with E-state index in [1.807, 2.05) is 25.1 Å². The molecule has 0 aliphatic heterocycles. The molecule has 108 valence electrons. The molecule has 3 N–H and O–H groups in total. The minimum atomic E-state index is -0.0746. The van der Waals surface area contributed by atoms with E-state index in [0.717, 1.165) is 16.0 Å². The van der Waals surface area contributed by atoms with Gasteiger partial charge in [-0.05, 0) is 36.8 Å². The van der Waals surface area contributed by atoms with Crippen LogP contribution in [-0.2, 0) is 4.79 Å². The molecule has 0 fully saturated rings. The van der Waals surface area contributed by atoms with Crippen molar-refractivity contribution in [3.63, 3.8) is 0 Å². The third-order valence-electron chi connectivity index (χ3n) is 2.69. The number of nitrogen functional groups attached to an aromatic ring is 1. The lowest BCUT2D eigenvalue weighted by atomic mass is 10.3. The maximum absolute atomic E-state index is 12.1. The van der Waals surface area contributed by atoms with E-state index < -0.39 is 0 Å². The van der Waals surface area contributed by atoms with E-state index in [1.54, 1.807) is 11.8 Å². The monoisotopic (exact) mass is 309 g/mol. The average molecular weight is 309 g/mol. The summed E-state index contributed by atoms with van der Waals surface area (Å²) >= 11 is 3.12. The van der Waals surface area contributed by atoms with Crippen LogP contribution in [0.1, 0.15) is 20.8 Å². The van der Waals surface area contributed by atoms with Crippen LogP contribution in [0.5, 0.6) is 0 Å². The predicted molar refractivity (Wildman–Crippen MR) is 89.4 cm³/mol. The van der Waals surface area contributed by atoms with Gasteiger partial charge in [0.1, 0.15) is 0 Å². The highest BCUT2D eigenvalue weighted by atomic mass is 32.2. The summed E-state index contributed by atoms with van der Waals surface area (Å²) < 4.78 is 0.989. The van der Waals surface area contributed by atoms with Crippen molar-refractivity contribution in [2.75, 3.05) is 16.8 Å². The number of fused-ring (bicyclic) bond motifs is 1. The first-order valence-electron chi connectivity index (χ1n) is 6.54. The van der Waals surface area contributed by atoms with Crippen molar-refractivity contribution in [2.45, 2.75) is 26.0 Å². The summed E-state index contributed by atoms with van der Waals surface area (Å²) in [6, 6.07) is 5.56. The second kappa shape index (κ2) is 6.45. The summed E-state index contributed by atoms with van der Waals surface area (Å²) in [5.74, 6) is 1.56. The Bertz CT molecular complexity index is 609. The number of benzene rings is 1. The van der Waals surface area contributed by atoms with Crippen molar-refractivity contribution in [3.05, 3.63) is 18.2 Å². The number of thiazole rings is 1. The lowest BCUT2D eigenvalue weighted by Crippen LogP contribution is -2.23. The number of carbonyl (C=O) groups excluding carboxylic acids is 1. The first-order valence-corrected chi connectivity index (χ1v) is 8.40. The third kappa shape index (κ3) is 3.86. The van der Waals surface area contributed by atoms with E-state index in [-0.39, 0.29) is 11.2 Å². The molecule has 0 aliphatic carbocycles. The van der Waals surface area contributed by atoms with Crippen molar-refractivity contribution in [3.8, 4) is 0 Å². The number of hydrogen-bond donors (Lipinski definition) is 2. The third-order valence-corrected chi connectivity index (χ3v) is 5.20. The maximum Gasteiger partial charge on any atom is 0.238 e. The molecule has 0 saturated carbocycles. The number of hydrogen-bond acceptors (Lipinski definition) is 5. The van der Waals surface area contributed by atoms with Crippen LogP contribution < -0.4 is 11.1 Å². The van der Waals surface area contributed by atoms with E-state index in [1.165, 1.54) is 11.3 Å². The molecule has 1 heterocycles. The molecule has 0 aliphatic rings. The Hall–Kier alpha value is -1.27. The smallest absolute Gasteiger partial charge is 0.238 e. The molecule has 0 bridgehead atoms. The van der Waals surface area contributed by atoms with Crippen LogP contribution in [-0.4, -0.2) is 21.9 Å². The number of nitrogens with one attached hydrogen (secondary N) is 1. The molecule has 20 heavy (non-hydrogen) atoms. The van der Waals surface area contributed by atoms with Crippen molar-refractivity contribution >= 4 is 50.0 Å². The van der Waals surface area contributed by atoms with Crippen LogP contribution in [0.15, 0.2) is 18.2 Å².